The number of fused-ring (bicyclic) bond motifs is 4. The second-order valence-corrected chi connectivity index (χ2v) is 5.76. The minimum absolute atomic E-state index is 0.159. The molecule has 3 fully saturated rings. The molecule has 0 spiro atoms. The molecular formula is C15H18FN3O. The third-order valence-corrected chi connectivity index (χ3v) is 4.56. The molecule has 3 aliphatic heterocycles. The van der Waals surface area contributed by atoms with Gasteiger partial charge in [0.1, 0.15) is 17.2 Å². The lowest BCUT2D eigenvalue weighted by Crippen LogP contribution is -2.63. The highest BCUT2D eigenvalue weighted by Crippen LogP contribution is 2.29. The molecule has 0 saturated carbocycles. The van der Waals surface area contributed by atoms with E-state index >= 15 is 0 Å². The molecule has 1 aromatic carbocycles. The minimum Gasteiger partial charge on any atom is -0.459 e. The Balaban J connectivity index is 1.64. The summed E-state index contributed by atoms with van der Waals surface area (Å²) in [4.78, 5) is 4.89. The zero-order valence-corrected chi connectivity index (χ0v) is 11.3. The van der Waals surface area contributed by atoms with Crippen molar-refractivity contribution < 1.29 is 8.81 Å². The van der Waals surface area contributed by atoms with Gasteiger partial charge in [-0.2, -0.15) is 0 Å². The Morgan fingerprint density at radius 3 is 2.70 bits per heavy atom. The van der Waals surface area contributed by atoms with E-state index in [1.807, 2.05) is 6.07 Å². The van der Waals surface area contributed by atoms with Gasteiger partial charge < -0.3 is 10.2 Å². The van der Waals surface area contributed by atoms with E-state index in [4.69, 9.17) is 10.2 Å². The molecule has 0 aliphatic carbocycles. The summed E-state index contributed by atoms with van der Waals surface area (Å²) < 4.78 is 19.0. The van der Waals surface area contributed by atoms with E-state index in [2.05, 4.69) is 9.80 Å². The molecule has 0 amide bonds. The predicted octanol–water partition coefficient (Wildman–Crippen LogP) is 1.57. The van der Waals surface area contributed by atoms with Gasteiger partial charge in [-0.25, -0.2) is 4.39 Å². The number of benzene rings is 1. The summed E-state index contributed by atoms with van der Waals surface area (Å²) in [6, 6.07) is 6.58. The number of nitrogens with zero attached hydrogens (tertiary/aromatic N) is 2. The van der Waals surface area contributed by atoms with E-state index in [1.165, 1.54) is 12.1 Å². The van der Waals surface area contributed by atoms with Gasteiger partial charge in [0.25, 0.3) is 0 Å². The van der Waals surface area contributed by atoms with E-state index in [0.29, 0.717) is 11.6 Å². The van der Waals surface area contributed by atoms with Gasteiger partial charge in [-0.15, -0.1) is 0 Å². The second kappa shape index (κ2) is 4.55. The average Bonchev–Trinajstić information content (AvgIpc) is 2.90. The lowest BCUT2D eigenvalue weighted by atomic mass is 9.99. The fourth-order valence-electron chi connectivity index (χ4n) is 3.39. The largest absolute Gasteiger partial charge is 0.459 e. The van der Waals surface area contributed by atoms with Gasteiger partial charge in [-0.1, -0.05) is 0 Å². The van der Waals surface area contributed by atoms with Crippen molar-refractivity contribution in [1.29, 1.82) is 0 Å². The zero-order chi connectivity index (χ0) is 13.7. The maximum absolute atomic E-state index is 13.2. The summed E-state index contributed by atoms with van der Waals surface area (Å²) >= 11 is 0. The Labute approximate surface area is 116 Å². The van der Waals surface area contributed by atoms with Crippen LogP contribution in [0, 0.1) is 5.82 Å². The van der Waals surface area contributed by atoms with Crippen molar-refractivity contribution >= 4 is 11.0 Å². The SMILES string of the molecule is NC(c1cc2cc(F)ccc2o1)C1CN2CCN1CC2. The van der Waals surface area contributed by atoms with Crippen LogP contribution < -0.4 is 5.73 Å². The van der Waals surface area contributed by atoms with Crippen molar-refractivity contribution in [2.45, 2.75) is 12.1 Å². The van der Waals surface area contributed by atoms with E-state index in [9.17, 15) is 4.39 Å². The topological polar surface area (TPSA) is 45.6 Å². The summed E-state index contributed by atoms with van der Waals surface area (Å²) in [5.74, 6) is 0.509. The summed E-state index contributed by atoms with van der Waals surface area (Å²) in [6.45, 7) is 5.41. The standard InChI is InChI=1S/C15H18FN3O/c16-11-1-2-13-10(7-11)8-14(20-13)15(17)12-9-18-3-5-19(12)6-4-18/h1-2,7-8,12,15H,3-6,9,17H2. The van der Waals surface area contributed by atoms with Crippen molar-refractivity contribution in [1.82, 2.24) is 9.80 Å². The second-order valence-electron chi connectivity index (χ2n) is 5.76. The first-order valence-electron chi connectivity index (χ1n) is 7.12. The molecule has 2 aromatic rings. The molecule has 3 aliphatic rings. The summed E-state index contributed by atoms with van der Waals surface area (Å²) in [5, 5.41) is 0.784. The average molecular weight is 275 g/mol. The first kappa shape index (κ1) is 12.3. The van der Waals surface area contributed by atoms with E-state index in [-0.39, 0.29) is 11.9 Å². The van der Waals surface area contributed by atoms with Crippen LogP contribution in [0.1, 0.15) is 11.8 Å². The van der Waals surface area contributed by atoms with Crippen LogP contribution >= 0.6 is 0 Å². The molecule has 2 atom stereocenters. The number of hydrogen-bond donors (Lipinski definition) is 1. The van der Waals surface area contributed by atoms with Crippen LogP contribution in [0.4, 0.5) is 4.39 Å². The molecule has 3 saturated heterocycles. The summed E-state index contributed by atoms with van der Waals surface area (Å²) in [6.07, 6.45) is 0. The van der Waals surface area contributed by atoms with Crippen LogP contribution in [0.15, 0.2) is 28.7 Å². The van der Waals surface area contributed by atoms with Gasteiger partial charge in [0.05, 0.1) is 6.04 Å². The van der Waals surface area contributed by atoms with Crippen LogP contribution in [-0.4, -0.2) is 48.6 Å². The first-order valence-corrected chi connectivity index (χ1v) is 7.12. The van der Waals surface area contributed by atoms with E-state index < -0.39 is 0 Å². The molecule has 4 heterocycles. The zero-order valence-electron chi connectivity index (χ0n) is 11.3. The van der Waals surface area contributed by atoms with Crippen molar-refractivity contribution in [3.05, 3.63) is 35.8 Å². The third kappa shape index (κ3) is 1.93. The fraction of sp³-hybridized carbons (Fsp3) is 0.467. The summed E-state index contributed by atoms with van der Waals surface area (Å²) in [5.41, 5.74) is 7.10. The normalized spacial score (nSPS) is 30.8. The van der Waals surface area contributed by atoms with Crippen molar-refractivity contribution in [2.75, 3.05) is 32.7 Å². The predicted molar refractivity (Wildman–Crippen MR) is 74.9 cm³/mol. The highest BCUT2D eigenvalue weighted by Gasteiger charge is 2.37. The molecule has 20 heavy (non-hydrogen) atoms. The number of nitrogens with two attached hydrogens (primary N) is 1. The molecule has 5 heteroatoms. The molecule has 2 unspecified atom stereocenters. The van der Waals surface area contributed by atoms with Crippen LogP contribution in [0.5, 0.6) is 0 Å². The van der Waals surface area contributed by atoms with Gasteiger partial charge in [-0.05, 0) is 24.3 Å². The highest BCUT2D eigenvalue weighted by atomic mass is 19.1. The smallest absolute Gasteiger partial charge is 0.134 e. The first-order chi connectivity index (χ1) is 9.70. The quantitative estimate of drug-likeness (QED) is 0.903. The Bertz CT molecular complexity index is 633. The van der Waals surface area contributed by atoms with Crippen LogP contribution in [0.3, 0.4) is 0 Å². The molecule has 5 rings (SSSR count). The Morgan fingerprint density at radius 1 is 1.20 bits per heavy atom. The molecule has 106 valence electrons. The number of halogens is 1. The van der Waals surface area contributed by atoms with Gasteiger partial charge in [-0.3, -0.25) is 9.80 Å². The lowest BCUT2D eigenvalue weighted by Gasteiger charge is -2.49. The molecule has 2 N–H and O–H groups in total. The van der Waals surface area contributed by atoms with Crippen LogP contribution in [-0.2, 0) is 0 Å². The van der Waals surface area contributed by atoms with Gasteiger partial charge in [0, 0.05) is 44.2 Å². The fourth-order valence-corrected chi connectivity index (χ4v) is 3.39. The summed E-state index contributed by atoms with van der Waals surface area (Å²) in [7, 11) is 0. The molecule has 4 nitrogen and oxygen atoms in total. The minimum atomic E-state index is -0.245. The Hall–Kier alpha value is -1.43. The van der Waals surface area contributed by atoms with Crippen LogP contribution in [0.2, 0.25) is 0 Å². The van der Waals surface area contributed by atoms with E-state index in [0.717, 1.165) is 43.9 Å². The molecule has 2 bridgehead atoms. The third-order valence-electron chi connectivity index (χ3n) is 4.56. The molecule has 1 aromatic heterocycles. The van der Waals surface area contributed by atoms with Crippen molar-refractivity contribution in [3.63, 3.8) is 0 Å². The van der Waals surface area contributed by atoms with Gasteiger partial charge in [0.15, 0.2) is 0 Å². The van der Waals surface area contributed by atoms with Crippen molar-refractivity contribution in [2.24, 2.45) is 5.73 Å². The monoisotopic (exact) mass is 275 g/mol. The number of hydrogen-bond acceptors (Lipinski definition) is 4. The number of piperazine rings is 3. The van der Waals surface area contributed by atoms with E-state index in [1.54, 1.807) is 6.07 Å². The maximum atomic E-state index is 13.2. The number of rotatable bonds is 2. The van der Waals surface area contributed by atoms with Gasteiger partial charge >= 0.3 is 0 Å². The molecule has 0 radical (unpaired) electrons. The van der Waals surface area contributed by atoms with Crippen LogP contribution in [0.25, 0.3) is 11.0 Å². The number of furan rings is 1. The highest BCUT2D eigenvalue weighted by molar-refractivity contribution is 5.78. The lowest BCUT2D eigenvalue weighted by molar-refractivity contribution is -0.000431. The van der Waals surface area contributed by atoms with Crippen molar-refractivity contribution in [3.8, 4) is 0 Å². The molecular weight excluding hydrogens is 257 g/mol. The maximum Gasteiger partial charge on any atom is 0.134 e. The van der Waals surface area contributed by atoms with Gasteiger partial charge in [0.2, 0.25) is 0 Å². The Kier molecular flexibility index (Phi) is 2.80. The Morgan fingerprint density at radius 2 is 2.00 bits per heavy atom.